The zero-order valence-corrected chi connectivity index (χ0v) is 12.5. The number of hydrogen-bond acceptors (Lipinski definition) is 4. The predicted molar refractivity (Wildman–Crippen MR) is 80.5 cm³/mol. The maximum atomic E-state index is 12.2. The van der Waals surface area contributed by atoms with E-state index in [0.717, 1.165) is 17.7 Å². The molecule has 0 unspecified atom stereocenters. The third-order valence-corrected chi connectivity index (χ3v) is 3.70. The number of carbonyl (C=O) groups is 2. The van der Waals surface area contributed by atoms with Gasteiger partial charge in [0.05, 0.1) is 7.11 Å². The molecule has 0 aromatic heterocycles. The van der Waals surface area contributed by atoms with Gasteiger partial charge in [-0.3, -0.25) is 14.8 Å². The average Bonchev–Trinajstić information content (AvgIpc) is 2.91. The van der Waals surface area contributed by atoms with Gasteiger partial charge in [0.15, 0.2) is 0 Å². The van der Waals surface area contributed by atoms with Gasteiger partial charge < -0.3 is 9.64 Å². The van der Waals surface area contributed by atoms with Crippen LogP contribution in [0.2, 0.25) is 0 Å². The third kappa shape index (κ3) is 4.08. The van der Waals surface area contributed by atoms with Crippen LogP contribution >= 0.6 is 0 Å². The summed E-state index contributed by atoms with van der Waals surface area (Å²) in [5, 5.41) is 8.45. The Hall–Kier alpha value is -2.34. The van der Waals surface area contributed by atoms with Gasteiger partial charge in [-0.15, -0.1) is 0 Å². The highest BCUT2D eigenvalue weighted by atomic mass is 16.5. The summed E-state index contributed by atoms with van der Waals surface area (Å²) in [5.41, 5.74) is 3.35. The molecule has 0 atom stereocenters. The Morgan fingerprint density at radius 1 is 1.32 bits per heavy atom. The van der Waals surface area contributed by atoms with Crippen LogP contribution in [0.25, 0.3) is 0 Å². The van der Waals surface area contributed by atoms with Gasteiger partial charge in [0, 0.05) is 25.1 Å². The van der Waals surface area contributed by atoms with E-state index in [-0.39, 0.29) is 12.3 Å². The van der Waals surface area contributed by atoms with Crippen LogP contribution in [0.5, 0.6) is 5.75 Å². The molecule has 6 nitrogen and oxygen atoms in total. The molecule has 118 valence electrons. The molecule has 0 bridgehead atoms. The minimum Gasteiger partial charge on any atom is -0.497 e. The van der Waals surface area contributed by atoms with Crippen molar-refractivity contribution in [2.45, 2.75) is 19.3 Å². The average molecular weight is 304 g/mol. The summed E-state index contributed by atoms with van der Waals surface area (Å²) in [7, 11) is 1.63. The van der Waals surface area contributed by atoms with Crippen molar-refractivity contribution in [3.05, 3.63) is 41.5 Å². The Kier molecular flexibility index (Phi) is 5.55. The summed E-state index contributed by atoms with van der Waals surface area (Å²) in [6, 6.07) is 7.77. The van der Waals surface area contributed by atoms with Crippen LogP contribution in [0.1, 0.15) is 18.4 Å². The number of ether oxygens (including phenoxy) is 1. The smallest absolute Gasteiger partial charge is 0.249 e. The Labute approximate surface area is 129 Å². The second-order valence-corrected chi connectivity index (χ2v) is 5.11. The van der Waals surface area contributed by atoms with Gasteiger partial charge in [0.1, 0.15) is 5.75 Å². The van der Waals surface area contributed by atoms with E-state index < -0.39 is 5.91 Å². The molecular weight excluding hydrogens is 284 g/mol. The molecule has 1 aliphatic rings. The van der Waals surface area contributed by atoms with E-state index in [1.165, 1.54) is 0 Å². The first-order chi connectivity index (χ1) is 10.6. The van der Waals surface area contributed by atoms with Crippen molar-refractivity contribution in [3.63, 3.8) is 0 Å². The zero-order valence-electron chi connectivity index (χ0n) is 12.5. The van der Waals surface area contributed by atoms with Crippen LogP contribution in [-0.4, -0.2) is 42.1 Å². The molecule has 0 spiro atoms. The lowest BCUT2D eigenvalue weighted by molar-refractivity contribution is -0.129. The molecule has 0 aliphatic carbocycles. The highest BCUT2D eigenvalue weighted by Crippen LogP contribution is 2.18. The van der Waals surface area contributed by atoms with Gasteiger partial charge in [0.25, 0.3) is 0 Å². The second kappa shape index (κ2) is 7.61. The van der Waals surface area contributed by atoms with Crippen molar-refractivity contribution in [1.82, 2.24) is 10.4 Å². The summed E-state index contributed by atoms with van der Waals surface area (Å²) in [5.74, 6) is 0.303. The van der Waals surface area contributed by atoms with E-state index in [4.69, 9.17) is 9.94 Å². The van der Waals surface area contributed by atoms with Crippen LogP contribution < -0.4 is 10.2 Å². The molecule has 2 amide bonds. The number of nitrogens with zero attached hydrogens (tertiary/aromatic N) is 1. The monoisotopic (exact) mass is 304 g/mol. The van der Waals surface area contributed by atoms with Crippen molar-refractivity contribution >= 4 is 11.8 Å². The number of amides is 2. The molecule has 1 aromatic carbocycles. The molecule has 0 saturated carbocycles. The first-order valence-corrected chi connectivity index (χ1v) is 7.18. The number of benzene rings is 1. The first kappa shape index (κ1) is 16.0. The van der Waals surface area contributed by atoms with Crippen molar-refractivity contribution in [2.75, 3.05) is 20.2 Å². The van der Waals surface area contributed by atoms with Gasteiger partial charge in [-0.25, -0.2) is 5.48 Å². The molecule has 1 aromatic rings. The van der Waals surface area contributed by atoms with Gasteiger partial charge in [-0.05, 0) is 30.5 Å². The number of rotatable bonds is 7. The Balaban J connectivity index is 1.80. The van der Waals surface area contributed by atoms with Crippen LogP contribution in [-0.2, 0) is 16.0 Å². The summed E-state index contributed by atoms with van der Waals surface area (Å²) in [6.07, 6.45) is 3.08. The fourth-order valence-corrected chi connectivity index (χ4v) is 2.36. The molecule has 2 N–H and O–H groups in total. The first-order valence-electron chi connectivity index (χ1n) is 7.18. The minimum atomic E-state index is -0.481. The number of methoxy groups -OCH3 is 1. The molecule has 0 fully saturated rings. The van der Waals surface area contributed by atoms with E-state index in [0.29, 0.717) is 25.1 Å². The third-order valence-electron chi connectivity index (χ3n) is 3.70. The van der Waals surface area contributed by atoms with Gasteiger partial charge in [-0.2, -0.15) is 0 Å². The normalized spacial score (nSPS) is 14.0. The standard InChI is InChI=1S/C16H20N2O4/c1-22-14-5-2-12(3-6-14)8-10-18-11-9-13(16(18)20)4-7-15(19)17-21/h2-3,5-6,9,21H,4,7-8,10-11H2,1H3,(H,17,19). The number of carbonyl (C=O) groups excluding carboxylic acids is 2. The van der Waals surface area contributed by atoms with Crippen LogP contribution in [0.3, 0.4) is 0 Å². The predicted octanol–water partition coefficient (Wildman–Crippen LogP) is 1.29. The number of hydroxylamine groups is 1. The van der Waals surface area contributed by atoms with Crippen molar-refractivity contribution in [1.29, 1.82) is 0 Å². The van der Waals surface area contributed by atoms with Gasteiger partial charge in [-0.1, -0.05) is 18.2 Å². The molecular formula is C16H20N2O4. The maximum absolute atomic E-state index is 12.2. The van der Waals surface area contributed by atoms with Crippen molar-refractivity contribution < 1.29 is 19.5 Å². The van der Waals surface area contributed by atoms with E-state index in [1.807, 2.05) is 30.3 Å². The quantitative estimate of drug-likeness (QED) is 0.588. The molecule has 6 heteroatoms. The number of nitrogens with one attached hydrogen (secondary N) is 1. The zero-order chi connectivity index (χ0) is 15.9. The van der Waals surface area contributed by atoms with Crippen LogP contribution in [0.15, 0.2) is 35.9 Å². The molecule has 0 radical (unpaired) electrons. The Bertz CT molecular complexity index is 566. The summed E-state index contributed by atoms with van der Waals surface area (Å²) in [4.78, 5) is 24.9. The van der Waals surface area contributed by atoms with Crippen LogP contribution in [0.4, 0.5) is 0 Å². The highest BCUT2D eigenvalue weighted by Gasteiger charge is 2.23. The lowest BCUT2D eigenvalue weighted by Gasteiger charge is -2.16. The highest BCUT2D eigenvalue weighted by molar-refractivity contribution is 5.96. The van der Waals surface area contributed by atoms with Gasteiger partial charge in [0.2, 0.25) is 11.8 Å². The molecule has 0 saturated heterocycles. The van der Waals surface area contributed by atoms with Crippen LogP contribution in [0, 0.1) is 0 Å². The van der Waals surface area contributed by atoms with Crippen molar-refractivity contribution in [3.8, 4) is 5.75 Å². The molecule has 2 rings (SSSR count). The summed E-state index contributed by atoms with van der Waals surface area (Å²) in [6.45, 7) is 1.21. The fourth-order valence-electron chi connectivity index (χ4n) is 2.36. The molecule has 22 heavy (non-hydrogen) atoms. The molecule has 1 aliphatic heterocycles. The lowest BCUT2D eigenvalue weighted by atomic mass is 10.1. The maximum Gasteiger partial charge on any atom is 0.249 e. The summed E-state index contributed by atoms with van der Waals surface area (Å²) < 4.78 is 5.11. The Morgan fingerprint density at radius 3 is 2.68 bits per heavy atom. The van der Waals surface area contributed by atoms with E-state index in [1.54, 1.807) is 17.5 Å². The van der Waals surface area contributed by atoms with E-state index >= 15 is 0 Å². The largest absolute Gasteiger partial charge is 0.497 e. The van der Waals surface area contributed by atoms with E-state index in [2.05, 4.69) is 0 Å². The van der Waals surface area contributed by atoms with Crippen molar-refractivity contribution in [2.24, 2.45) is 0 Å². The number of hydrogen-bond donors (Lipinski definition) is 2. The summed E-state index contributed by atoms with van der Waals surface area (Å²) >= 11 is 0. The Morgan fingerprint density at radius 2 is 2.05 bits per heavy atom. The van der Waals surface area contributed by atoms with E-state index in [9.17, 15) is 9.59 Å². The molecule has 1 heterocycles. The SMILES string of the molecule is COc1ccc(CCN2CC=C(CCC(=O)NO)C2=O)cc1. The van der Waals surface area contributed by atoms with Gasteiger partial charge >= 0.3 is 0 Å². The minimum absolute atomic E-state index is 0.0285. The topological polar surface area (TPSA) is 78.9 Å². The fraction of sp³-hybridized carbons (Fsp3) is 0.375. The lowest BCUT2D eigenvalue weighted by Crippen LogP contribution is -2.29. The second-order valence-electron chi connectivity index (χ2n) is 5.11.